The third kappa shape index (κ3) is 1.53. The lowest BCUT2D eigenvalue weighted by Crippen LogP contribution is -2.42. The van der Waals surface area contributed by atoms with E-state index in [0.29, 0.717) is 0 Å². The van der Waals surface area contributed by atoms with Crippen molar-refractivity contribution >= 4 is 0 Å². The maximum Gasteiger partial charge on any atom is 0.166 e. The van der Waals surface area contributed by atoms with Gasteiger partial charge in [0.2, 0.25) is 0 Å². The molecule has 0 bridgehead atoms. The van der Waals surface area contributed by atoms with Crippen molar-refractivity contribution in [2.45, 2.75) is 0 Å². The van der Waals surface area contributed by atoms with Crippen LogP contribution in [0.5, 0.6) is 0 Å². The first-order valence-electron chi connectivity index (χ1n) is 4.11. The highest BCUT2D eigenvalue weighted by Crippen LogP contribution is 2.11. The minimum absolute atomic E-state index is 1.03. The molecule has 66 valence electrons. The Balaban J connectivity index is 1.97. The largest absolute Gasteiger partial charge is 0.366 e. The molecular weight excluding hydrogens is 156 g/mol. The van der Waals surface area contributed by atoms with Crippen LogP contribution >= 0.6 is 0 Å². The van der Waals surface area contributed by atoms with Crippen LogP contribution in [0.2, 0.25) is 0 Å². The number of nitrogens with one attached hydrogen (secondary N) is 1. The second kappa shape index (κ2) is 3.49. The third-order valence-electron chi connectivity index (χ3n) is 2.00. The van der Waals surface area contributed by atoms with Crippen LogP contribution in [0.15, 0.2) is 24.3 Å². The number of hydrogen-bond donors (Lipinski definition) is 1. The molecule has 4 nitrogen and oxygen atoms in total. The van der Waals surface area contributed by atoms with Crippen LogP contribution in [0.1, 0.15) is 0 Å². The van der Waals surface area contributed by atoms with Gasteiger partial charge >= 0.3 is 0 Å². The zero-order valence-corrected chi connectivity index (χ0v) is 6.82. The van der Waals surface area contributed by atoms with Crippen LogP contribution in [-0.4, -0.2) is 31.1 Å². The molecule has 0 aromatic carbocycles. The topological polar surface area (TPSA) is 33.7 Å². The molecule has 0 spiro atoms. The van der Waals surface area contributed by atoms with E-state index >= 15 is 0 Å². The summed E-state index contributed by atoms with van der Waals surface area (Å²) in [4.78, 5) is 11.6. The summed E-state index contributed by atoms with van der Waals surface area (Å²) in [6.07, 6.45) is 5.09. The van der Waals surface area contributed by atoms with Gasteiger partial charge in [0.25, 0.3) is 0 Å². The Hall–Kier alpha value is -1.16. The van der Waals surface area contributed by atoms with Gasteiger partial charge in [-0.2, -0.15) is 0 Å². The maximum atomic E-state index is 4.72. The highest BCUT2D eigenvalue weighted by Gasteiger charge is 2.12. The van der Waals surface area contributed by atoms with E-state index in [1.807, 2.05) is 6.08 Å². The van der Waals surface area contributed by atoms with Crippen LogP contribution in [0.25, 0.3) is 0 Å². The van der Waals surface area contributed by atoms with E-state index in [4.69, 9.17) is 4.89 Å². The van der Waals surface area contributed by atoms with Crippen LogP contribution < -0.4 is 5.32 Å². The Labute approximate surface area is 71.4 Å². The summed E-state index contributed by atoms with van der Waals surface area (Å²) in [6.45, 7) is 4.12. The van der Waals surface area contributed by atoms with Crippen molar-refractivity contribution in [1.29, 1.82) is 0 Å². The van der Waals surface area contributed by atoms with Gasteiger partial charge in [-0.1, -0.05) is 0 Å². The van der Waals surface area contributed by atoms with Gasteiger partial charge in [0, 0.05) is 32.3 Å². The average molecular weight is 168 g/mol. The van der Waals surface area contributed by atoms with Gasteiger partial charge in [-0.15, -0.1) is 0 Å². The molecule has 0 radical (unpaired) electrons. The first kappa shape index (κ1) is 7.49. The first-order chi connectivity index (χ1) is 5.97. The van der Waals surface area contributed by atoms with Gasteiger partial charge in [0.1, 0.15) is 6.26 Å². The number of piperazine rings is 1. The Morgan fingerprint density at radius 2 is 2.08 bits per heavy atom. The lowest BCUT2D eigenvalue weighted by Gasteiger charge is -2.30. The molecule has 2 heterocycles. The molecule has 0 amide bonds. The summed E-state index contributed by atoms with van der Waals surface area (Å²) in [6, 6.07) is 0. The van der Waals surface area contributed by atoms with Crippen molar-refractivity contribution in [2.24, 2.45) is 0 Å². The maximum absolute atomic E-state index is 4.72. The molecule has 2 rings (SSSR count). The summed E-state index contributed by atoms with van der Waals surface area (Å²) in [5.74, 6) is 0. The van der Waals surface area contributed by atoms with E-state index in [1.54, 1.807) is 12.5 Å². The van der Waals surface area contributed by atoms with E-state index in [0.717, 1.165) is 31.9 Å². The summed E-state index contributed by atoms with van der Waals surface area (Å²) in [5.41, 5.74) is 1.09. The Kier molecular flexibility index (Phi) is 2.18. The third-order valence-corrected chi connectivity index (χ3v) is 2.00. The minimum Gasteiger partial charge on any atom is -0.366 e. The molecule has 0 aliphatic carbocycles. The fraction of sp³-hybridized carbons (Fsp3) is 0.500. The zero-order valence-electron chi connectivity index (χ0n) is 6.82. The van der Waals surface area contributed by atoms with Crippen LogP contribution in [-0.2, 0) is 9.78 Å². The fourth-order valence-electron chi connectivity index (χ4n) is 1.35. The molecule has 0 aromatic rings. The summed E-state index contributed by atoms with van der Waals surface area (Å²) < 4.78 is 0. The second-order valence-electron chi connectivity index (χ2n) is 2.77. The lowest BCUT2D eigenvalue weighted by molar-refractivity contribution is -0.201. The molecule has 0 aromatic heterocycles. The van der Waals surface area contributed by atoms with Crippen LogP contribution in [0.4, 0.5) is 0 Å². The van der Waals surface area contributed by atoms with Gasteiger partial charge in [-0.3, -0.25) is 9.78 Å². The number of nitrogens with zero attached hydrogens (tertiary/aromatic N) is 1. The van der Waals surface area contributed by atoms with Gasteiger partial charge in [0.15, 0.2) is 6.26 Å². The van der Waals surface area contributed by atoms with Crippen molar-refractivity contribution < 1.29 is 9.78 Å². The smallest absolute Gasteiger partial charge is 0.166 e. The van der Waals surface area contributed by atoms with Crippen molar-refractivity contribution in [3.05, 3.63) is 24.3 Å². The summed E-state index contributed by atoms with van der Waals surface area (Å²) >= 11 is 0. The van der Waals surface area contributed by atoms with Gasteiger partial charge in [-0.25, -0.2) is 0 Å². The number of hydrogen-bond acceptors (Lipinski definition) is 4. The predicted octanol–water partition coefficient (Wildman–Crippen LogP) is 0.208. The second-order valence-corrected chi connectivity index (χ2v) is 2.77. The Morgan fingerprint density at radius 3 is 2.75 bits per heavy atom. The standard InChI is InChI=1S/C8H12N2O2/c1-6-11-12-7-8(1)10-4-2-9-3-5-10/h1,6-7,9H,2-5H2. The SMILES string of the molecule is C1=CC(N2CCNCC2)=COO1. The van der Waals surface area contributed by atoms with Crippen molar-refractivity contribution in [3.63, 3.8) is 0 Å². The van der Waals surface area contributed by atoms with Gasteiger partial charge < -0.3 is 10.2 Å². The van der Waals surface area contributed by atoms with Crippen molar-refractivity contribution in [2.75, 3.05) is 26.2 Å². The molecule has 0 atom stereocenters. The molecule has 2 aliphatic rings. The Morgan fingerprint density at radius 1 is 1.25 bits per heavy atom. The summed E-state index contributed by atoms with van der Waals surface area (Å²) in [5, 5.41) is 3.29. The molecule has 1 N–H and O–H groups in total. The molecule has 1 fully saturated rings. The highest BCUT2D eigenvalue weighted by atomic mass is 17.2. The Bertz CT molecular complexity index is 207. The predicted molar refractivity (Wildman–Crippen MR) is 43.8 cm³/mol. The molecule has 0 unspecified atom stereocenters. The minimum atomic E-state index is 1.03. The van der Waals surface area contributed by atoms with Gasteiger partial charge in [-0.05, 0) is 0 Å². The quantitative estimate of drug-likeness (QED) is 0.567. The van der Waals surface area contributed by atoms with E-state index in [2.05, 4.69) is 15.1 Å². The highest BCUT2D eigenvalue weighted by molar-refractivity contribution is 5.15. The van der Waals surface area contributed by atoms with Crippen LogP contribution in [0.3, 0.4) is 0 Å². The number of rotatable bonds is 1. The first-order valence-corrected chi connectivity index (χ1v) is 4.11. The van der Waals surface area contributed by atoms with Crippen molar-refractivity contribution in [3.8, 4) is 0 Å². The monoisotopic (exact) mass is 168 g/mol. The molecule has 1 saturated heterocycles. The molecule has 12 heavy (non-hydrogen) atoms. The van der Waals surface area contributed by atoms with Crippen LogP contribution in [0, 0.1) is 0 Å². The number of allylic oxidation sites excluding steroid dienone is 1. The van der Waals surface area contributed by atoms with Gasteiger partial charge in [0.05, 0.1) is 5.70 Å². The van der Waals surface area contributed by atoms with Crippen molar-refractivity contribution in [1.82, 2.24) is 10.2 Å². The molecular formula is C8H12N2O2. The average Bonchev–Trinajstić information content (AvgIpc) is 2.21. The molecule has 2 aliphatic heterocycles. The molecule has 0 saturated carbocycles. The lowest BCUT2D eigenvalue weighted by atomic mass is 10.3. The normalized spacial score (nSPS) is 22.7. The molecule has 4 heteroatoms. The van der Waals surface area contributed by atoms with E-state index in [1.165, 1.54) is 0 Å². The van der Waals surface area contributed by atoms with E-state index < -0.39 is 0 Å². The zero-order chi connectivity index (χ0) is 8.23. The van der Waals surface area contributed by atoms with E-state index in [-0.39, 0.29) is 0 Å². The summed E-state index contributed by atoms with van der Waals surface area (Å²) in [7, 11) is 0. The fourth-order valence-corrected chi connectivity index (χ4v) is 1.35. The van der Waals surface area contributed by atoms with E-state index in [9.17, 15) is 0 Å².